The Kier molecular flexibility index (Phi) is 5.52. The maximum Gasteiger partial charge on any atom is 0.334 e. The summed E-state index contributed by atoms with van der Waals surface area (Å²) in [5.74, 6) is 1.41. The average molecular weight is 403 g/mol. The van der Waals surface area contributed by atoms with Crippen molar-refractivity contribution in [3.8, 4) is 22.7 Å². The molecule has 7 nitrogen and oxygen atoms in total. The smallest absolute Gasteiger partial charge is 0.334 e. The van der Waals surface area contributed by atoms with Crippen LogP contribution in [0.15, 0.2) is 66.0 Å². The zero-order chi connectivity index (χ0) is 21.1. The quantitative estimate of drug-likeness (QED) is 0.506. The highest BCUT2D eigenvalue weighted by molar-refractivity contribution is 5.65. The van der Waals surface area contributed by atoms with Crippen LogP contribution in [0.2, 0.25) is 0 Å². The van der Waals surface area contributed by atoms with Crippen molar-refractivity contribution in [1.82, 2.24) is 24.3 Å². The first kappa shape index (κ1) is 19.7. The lowest BCUT2D eigenvalue weighted by Crippen LogP contribution is -2.26. The number of aromatic amines is 1. The second kappa shape index (κ2) is 8.41. The minimum atomic E-state index is -0.130. The third kappa shape index (κ3) is 3.66. The molecule has 0 aliphatic carbocycles. The summed E-state index contributed by atoms with van der Waals surface area (Å²) in [6.07, 6.45) is 7.94. The predicted octanol–water partition coefficient (Wildman–Crippen LogP) is 3.99. The number of pyridine rings is 1. The molecule has 0 bridgehead atoms. The molecule has 0 aliphatic heterocycles. The number of hydrogen-bond acceptors (Lipinski definition) is 4. The Balaban J connectivity index is 1.68. The van der Waals surface area contributed by atoms with Gasteiger partial charge in [0, 0.05) is 29.7 Å². The molecule has 0 amide bonds. The van der Waals surface area contributed by atoms with Crippen LogP contribution in [0.5, 0.6) is 5.75 Å². The van der Waals surface area contributed by atoms with Gasteiger partial charge in [0.1, 0.15) is 11.6 Å². The minimum absolute atomic E-state index is 0.130. The van der Waals surface area contributed by atoms with Gasteiger partial charge in [-0.15, -0.1) is 0 Å². The summed E-state index contributed by atoms with van der Waals surface area (Å²) >= 11 is 0. The lowest BCUT2D eigenvalue weighted by atomic mass is 10.1. The van der Waals surface area contributed by atoms with Crippen LogP contribution in [0.1, 0.15) is 38.1 Å². The maximum absolute atomic E-state index is 13.1. The number of nitrogens with one attached hydrogen (secondary N) is 1. The van der Waals surface area contributed by atoms with Gasteiger partial charge in [0.2, 0.25) is 0 Å². The van der Waals surface area contributed by atoms with Crippen LogP contribution in [-0.2, 0) is 6.42 Å². The molecule has 3 heterocycles. The van der Waals surface area contributed by atoms with Gasteiger partial charge in [-0.25, -0.2) is 9.78 Å². The number of aromatic nitrogens is 5. The van der Waals surface area contributed by atoms with E-state index in [1.54, 1.807) is 27.7 Å². The molecule has 0 saturated carbocycles. The molecule has 3 aromatic heterocycles. The lowest BCUT2D eigenvalue weighted by molar-refractivity contribution is 0.339. The lowest BCUT2D eigenvalue weighted by Gasteiger charge is -2.14. The summed E-state index contributed by atoms with van der Waals surface area (Å²) in [5, 5.41) is 6.85. The Morgan fingerprint density at radius 2 is 2.03 bits per heavy atom. The molecule has 1 unspecified atom stereocenters. The summed E-state index contributed by atoms with van der Waals surface area (Å²) in [7, 11) is 0. The van der Waals surface area contributed by atoms with Crippen molar-refractivity contribution in [2.24, 2.45) is 0 Å². The maximum atomic E-state index is 13.1. The number of ether oxygens (including phenoxy) is 1. The summed E-state index contributed by atoms with van der Waals surface area (Å²) in [6.45, 7) is 6.62. The molecule has 0 aliphatic rings. The van der Waals surface area contributed by atoms with Crippen LogP contribution >= 0.6 is 0 Å². The summed E-state index contributed by atoms with van der Waals surface area (Å²) in [4.78, 5) is 17.9. The SMILES string of the molecule is CCOc1cccc(C(C)n2ccn(-c3ccc(-c4cn[nH]c4)c(CC)n3)c2=O)c1. The Morgan fingerprint density at radius 3 is 2.77 bits per heavy atom. The second-order valence-corrected chi connectivity index (χ2v) is 7.04. The first-order valence-corrected chi connectivity index (χ1v) is 10.1. The molecular formula is C23H25N5O2. The molecule has 1 N–H and O–H groups in total. The van der Waals surface area contributed by atoms with Gasteiger partial charge >= 0.3 is 5.69 Å². The van der Waals surface area contributed by atoms with Gasteiger partial charge in [0.05, 0.1) is 24.5 Å². The highest BCUT2D eigenvalue weighted by atomic mass is 16.5. The third-order valence-corrected chi connectivity index (χ3v) is 5.22. The standard InChI is InChI=1S/C23H25N5O2/c1-4-21-20(18-14-24-25-15-18)9-10-22(26-21)28-12-11-27(23(28)29)16(3)17-7-6-8-19(13-17)30-5-2/h6-16H,4-5H2,1-3H3,(H,24,25). The Labute approximate surface area is 175 Å². The van der Waals surface area contributed by atoms with Gasteiger partial charge in [-0.2, -0.15) is 5.10 Å². The van der Waals surface area contributed by atoms with Gasteiger partial charge in [-0.3, -0.25) is 14.2 Å². The van der Waals surface area contributed by atoms with Crippen molar-refractivity contribution < 1.29 is 4.74 Å². The molecule has 4 aromatic rings. The number of H-pyrrole nitrogens is 1. The molecule has 0 fully saturated rings. The molecule has 0 spiro atoms. The largest absolute Gasteiger partial charge is 0.494 e. The first-order valence-electron chi connectivity index (χ1n) is 10.1. The van der Waals surface area contributed by atoms with Crippen molar-refractivity contribution in [1.29, 1.82) is 0 Å². The van der Waals surface area contributed by atoms with Crippen molar-refractivity contribution >= 4 is 0 Å². The van der Waals surface area contributed by atoms with Crippen molar-refractivity contribution in [3.05, 3.63) is 82.9 Å². The molecular weight excluding hydrogens is 378 g/mol. The molecule has 0 radical (unpaired) electrons. The Bertz CT molecular complexity index is 1190. The first-order chi connectivity index (χ1) is 14.6. The van der Waals surface area contributed by atoms with Crippen LogP contribution in [0.4, 0.5) is 0 Å². The third-order valence-electron chi connectivity index (χ3n) is 5.22. The molecule has 1 aromatic carbocycles. The summed E-state index contributed by atoms with van der Waals surface area (Å²) in [5.41, 5.74) is 3.81. The zero-order valence-electron chi connectivity index (χ0n) is 17.4. The van der Waals surface area contributed by atoms with E-state index in [0.717, 1.165) is 34.6 Å². The number of benzene rings is 1. The van der Waals surface area contributed by atoms with Crippen molar-refractivity contribution in [2.75, 3.05) is 6.61 Å². The Morgan fingerprint density at radius 1 is 1.17 bits per heavy atom. The van der Waals surface area contributed by atoms with E-state index in [2.05, 4.69) is 17.1 Å². The molecule has 30 heavy (non-hydrogen) atoms. The molecule has 154 valence electrons. The minimum Gasteiger partial charge on any atom is -0.494 e. The van der Waals surface area contributed by atoms with Crippen LogP contribution in [0.25, 0.3) is 16.9 Å². The van der Waals surface area contributed by atoms with E-state index in [0.29, 0.717) is 12.4 Å². The molecule has 1 atom stereocenters. The number of rotatable bonds is 7. The summed E-state index contributed by atoms with van der Waals surface area (Å²) in [6, 6.07) is 11.6. The topological polar surface area (TPSA) is 77.7 Å². The van der Waals surface area contributed by atoms with Crippen LogP contribution < -0.4 is 10.4 Å². The highest BCUT2D eigenvalue weighted by Crippen LogP contribution is 2.24. The molecule has 7 heteroatoms. The van der Waals surface area contributed by atoms with E-state index < -0.39 is 0 Å². The van der Waals surface area contributed by atoms with Gasteiger partial charge in [-0.05, 0) is 50.1 Å². The number of imidazole rings is 1. The molecule has 0 saturated heterocycles. The normalized spacial score (nSPS) is 12.1. The zero-order valence-corrected chi connectivity index (χ0v) is 17.4. The van der Waals surface area contributed by atoms with E-state index in [1.165, 1.54) is 0 Å². The summed E-state index contributed by atoms with van der Waals surface area (Å²) < 4.78 is 8.89. The Hall–Kier alpha value is -3.61. The van der Waals surface area contributed by atoms with E-state index in [-0.39, 0.29) is 11.7 Å². The van der Waals surface area contributed by atoms with E-state index >= 15 is 0 Å². The van der Waals surface area contributed by atoms with E-state index in [4.69, 9.17) is 9.72 Å². The fourth-order valence-corrected chi connectivity index (χ4v) is 3.61. The second-order valence-electron chi connectivity index (χ2n) is 7.04. The average Bonchev–Trinajstić information content (AvgIpc) is 3.43. The van der Waals surface area contributed by atoms with Crippen LogP contribution in [0, 0.1) is 0 Å². The predicted molar refractivity (Wildman–Crippen MR) is 116 cm³/mol. The van der Waals surface area contributed by atoms with E-state index in [1.807, 2.05) is 56.4 Å². The fraction of sp³-hybridized carbons (Fsp3) is 0.261. The monoisotopic (exact) mass is 403 g/mol. The number of nitrogens with zero attached hydrogens (tertiary/aromatic N) is 4. The van der Waals surface area contributed by atoms with Gasteiger partial charge < -0.3 is 4.74 Å². The number of aryl methyl sites for hydroxylation is 1. The molecule has 4 rings (SSSR count). The van der Waals surface area contributed by atoms with Crippen LogP contribution in [-0.4, -0.2) is 30.9 Å². The fourth-order valence-electron chi connectivity index (χ4n) is 3.61. The van der Waals surface area contributed by atoms with Gasteiger partial charge in [0.15, 0.2) is 0 Å². The van der Waals surface area contributed by atoms with E-state index in [9.17, 15) is 4.79 Å². The van der Waals surface area contributed by atoms with Crippen LogP contribution in [0.3, 0.4) is 0 Å². The number of hydrogen-bond donors (Lipinski definition) is 1. The van der Waals surface area contributed by atoms with Crippen molar-refractivity contribution in [2.45, 2.75) is 33.2 Å². The van der Waals surface area contributed by atoms with Crippen molar-refractivity contribution in [3.63, 3.8) is 0 Å². The highest BCUT2D eigenvalue weighted by Gasteiger charge is 2.16. The van der Waals surface area contributed by atoms with Gasteiger partial charge in [-0.1, -0.05) is 19.1 Å². The van der Waals surface area contributed by atoms with Gasteiger partial charge in [0.25, 0.3) is 0 Å².